The predicted octanol–water partition coefficient (Wildman–Crippen LogP) is 2.08. The number of aryl methyl sites for hydroxylation is 1. The average molecular weight is 253 g/mol. The molecule has 0 bridgehead atoms. The molecule has 1 aliphatic carbocycles. The van der Waals surface area contributed by atoms with Crippen molar-refractivity contribution >= 4 is 16.6 Å². The van der Waals surface area contributed by atoms with E-state index in [0.717, 1.165) is 42.8 Å². The van der Waals surface area contributed by atoms with E-state index in [4.69, 9.17) is 0 Å². The van der Waals surface area contributed by atoms with Crippen LogP contribution >= 0.6 is 0 Å². The monoisotopic (exact) mass is 253 g/mol. The first kappa shape index (κ1) is 12.6. The third-order valence-corrected chi connectivity index (χ3v) is 4.21. The number of rotatable bonds is 4. The molecule has 0 N–H and O–H groups in total. The van der Waals surface area contributed by atoms with Crippen molar-refractivity contribution in [2.75, 3.05) is 12.0 Å². The van der Waals surface area contributed by atoms with Crippen molar-refractivity contribution in [1.29, 1.82) is 0 Å². The lowest BCUT2D eigenvalue weighted by atomic mass is 9.97. The molecular weight excluding hydrogens is 234 g/mol. The van der Waals surface area contributed by atoms with Crippen molar-refractivity contribution in [2.45, 2.75) is 39.2 Å². The maximum Gasteiger partial charge on any atom is 0.164 e. The van der Waals surface area contributed by atoms with E-state index in [9.17, 15) is 9.00 Å². The Kier molecular flexibility index (Phi) is 3.82. The summed E-state index contributed by atoms with van der Waals surface area (Å²) in [6, 6.07) is 2.01. The van der Waals surface area contributed by atoms with Gasteiger partial charge < -0.3 is 4.57 Å². The van der Waals surface area contributed by atoms with Gasteiger partial charge in [0.25, 0.3) is 0 Å². The van der Waals surface area contributed by atoms with E-state index in [-0.39, 0.29) is 5.78 Å². The maximum absolute atomic E-state index is 11.8. The van der Waals surface area contributed by atoms with Crippen LogP contribution in [0.1, 0.15) is 41.0 Å². The number of aromatic nitrogens is 1. The fraction of sp³-hybridized carbons (Fsp3) is 0.615. The zero-order chi connectivity index (χ0) is 12.4. The van der Waals surface area contributed by atoms with Gasteiger partial charge in [0.15, 0.2) is 5.78 Å². The van der Waals surface area contributed by atoms with Gasteiger partial charge in [0, 0.05) is 52.7 Å². The van der Waals surface area contributed by atoms with E-state index in [1.807, 2.05) is 6.07 Å². The fourth-order valence-electron chi connectivity index (χ4n) is 2.53. The molecule has 1 atom stereocenters. The van der Waals surface area contributed by atoms with Gasteiger partial charge in [0.1, 0.15) is 0 Å². The van der Waals surface area contributed by atoms with E-state index in [2.05, 4.69) is 11.5 Å². The summed E-state index contributed by atoms with van der Waals surface area (Å²) >= 11 is 0. The summed E-state index contributed by atoms with van der Waals surface area (Å²) in [6.45, 7) is 2.93. The van der Waals surface area contributed by atoms with Gasteiger partial charge in [-0.15, -0.1) is 0 Å². The minimum atomic E-state index is -0.723. The summed E-state index contributed by atoms with van der Waals surface area (Å²) in [7, 11) is -0.723. The van der Waals surface area contributed by atoms with Gasteiger partial charge in [-0.25, -0.2) is 0 Å². The highest BCUT2D eigenvalue weighted by molar-refractivity contribution is 7.84. The second-order valence-corrected chi connectivity index (χ2v) is 6.26. The second-order valence-electron chi connectivity index (χ2n) is 4.71. The van der Waals surface area contributed by atoms with Crippen molar-refractivity contribution < 1.29 is 9.00 Å². The second kappa shape index (κ2) is 5.17. The van der Waals surface area contributed by atoms with Gasteiger partial charge >= 0.3 is 0 Å². The summed E-state index contributed by atoms with van der Waals surface area (Å²) in [5.41, 5.74) is 3.28. The first-order valence-electron chi connectivity index (χ1n) is 6.12. The lowest BCUT2D eigenvalue weighted by Gasteiger charge is -2.15. The summed E-state index contributed by atoms with van der Waals surface area (Å²) in [4.78, 5) is 11.8. The highest BCUT2D eigenvalue weighted by Crippen LogP contribution is 2.25. The van der Waals surface area contributed by atoms with E-state index in [1.165, 1.54) is 5.69 Å². The Balaban J connectivity index is 2.17. The maximum atomic E-state index is 11.8. The Morgan fingerprint density at radius 1 is 1.41 bits per heavy atom. The van der Waals surface area contributed by atoms with Gasteiger partial charge in [-0.1, -0.05) is 0 Å². The van der Waals surface area contributed by atoms with Gasteiger partial charge in [-0.05, 0) is 32.3 Å². The molecule has 1 aliphatic rings. The van der Waals surface area contributed by atoms with Crippen LogP contribution < -0.4 is 0 Å². The number of ketones is 1. The van der Waals surface area contributed by atoms with Crippen LogP contribution in [0.3, 0.4) is 0 Å². The van der Waals surface area contributed by atoms with Gasteiger partial charge in [-0.2, -0.15) is 0 Å². The molecule has 17 heavy (non-hydrogen) atoms. The van der Waals surface area contributed by atoms with Crippen LogP contribution in [-0.4, -0.2) is 26.6 Å². The average Bonchev–Trinajstić information content (AvgIpc) is 2.57. The zero-order valence-electron chi connectivity index (χ0n) is 10.5. The van der Waals surface area contributed by atoms with Crippen LogP contribution in [0.15, 0.2) is 6.07 Å². The first-order chi connectivity index (χ1) is 8.09. The predicted molar refractivity (Wildman–Crippen MR) is 70.0 cm³/mol. The van der Waals surface area contributed by atoms with Gasteiger partial charge in [0.05, 0.1) is 0 Å². The summed E-state index contributed by atoms with van der Waals surface area (Å²) < 4.78 is 13.3. The normalized spacial score (nSPS) is 16.9. The molecule has 0 radical (unpaired) electrons. The molecule has 2 rings (SSSR count). The first-order valence-corrected chi connectivity index (χ1v) is 7.84. The van der Waals surface area contributed by atoms with Crippen molar-refractivity contribution in [3.8, 4) is 0 Å². The molecule has 3 nitrogen and oxygen atoms in total. The van der Waals surface area contributed by atoms with Crippen LogP contribution in [-0.2, 0) is 23.8 Å². The number of carbonyl (C=O) groups excluding carboxylic acids is 1. The summed E-state index contributed by atoms with van der Waals surface area (Å²) in [5, 5.41) is 0. The minimum absolute atomic E-state index is 0.284. The lowest BCUT2D eigenvalue weighted by molar-refractivity contribution is 0.0971. The quantitative estimate of drug-likeness (QED) is 0.824. The van der Waals surface area contributed by atoms with Crippen LogP contribution in [0, 0.1) is 6.92 Å². The van der Waals surface area contributed by atoms with Gasteiger partial charge in [-0.3, -0.25) is 9.00 Å². The molecular formula is C13H19NO2S. The number of Topliss-reactive ketones (excluding diaryl/α,β-unsaturated/α-hetero) is 1. The number of carbonyl (C=O) groups is 1. The van der Waals surface area contributed by atoms with E-state index < -0.39 is 10.8 Å². The van der Waals surface area contributed by atoms with Crippen molar-refractivity contribution in [3.63, 3.8) is 0 Å². The molecule has 0 amide bonds. The molecule has 0 fully saturated rings. The molecule has 0 saturated heterocycles. The number of hydrogen-bond donors (Lipinski definition) is 0. The van der Waals surface area contributed by atoms with Crippen LogP contribution in [0.2, 0.25) is 0 Å². The molecule has 1 aromatic rings. The van der Waals surface area contributed by atoms with E-state index in [0.29, 0.717) is 6.42 Å². The SMILES string of the molecule is Cc1cc2c(n1CCCS(C)=O)CCCC2=O. The van der Waals surface area contributed by atoms with Crippen LogP contribution in [0.25, 0.3) is 0 Å². The van der Waals surface area contributed by atoms with Crippen molar-refractivity contribution in [1.82, 2.24) is 4.57 Å². The Bertz CT molecular complexity index is 462. The Morgan fingerprint density at radius 3 is 2.88 bits per heavy atom. The molecule has 1 heterocycles. The number of fused-ring (bicyclic) bond motifs is 1. The van der Waals surface area contributed by atoms with Crippen LogP contribution in [0.4, 0.5) is 0 Å². The molecule has 94 valence electrons. The minimum Gasteiger partial charge on any atom is -0.348 e. The standard InChI is InChI=1S/C13H19NO2S/c1-10-9-11-12(5-3-6-13(11)15)14(10)7-4-8-17(2)16/h9H,3-8H2,1-2H3. The highest BCUT2D eigenvalue weighted by atomic mass is 32.2. The Labute approximate surface area is 105 Å². The van der Waals surface area contributed by atoms with Crippen LogP contribution in [0.5, 0.6) is 0 Å². The zero-order valence-corrected chi connectivity index (χ0v) is 11.3. The topological polar surface area (TPSA) is 39.1 Å². The lowest BCUT2D eigenvalue weighted by Crippen LogP contribution is -2.14. The number of hydrogen-bond acceptors (Lipinski definition) is 2. The van der Waals surface area contributed by atoms with E-state index >= 15 is 0 Å². The molecule has 0 saturated carbocycles. The summed E-state index contributed by atoms with van der Waals surface area (Å²) in [5.74, 6) is 1.02. The summed E-state index contributed by atoms with van der Waals surface area (Å²) in [6.07, 6.45) is 5.31. The van der Waals surface area contributed by atoms with Crippen molar-refractivity contribution in [2.24, 2.45) is 0 Å². The molecule has 4 heteroatoms. The molecule has 0 aromatic carbocycles. The Morgan fingerprint density at radius 2 is 2.18 bits per heavy atom. The largest absolute Gasteiger partial charge is 0.348 e. The third kappa shape index (κ3) is 2.68. The van der Waals surface area contributed by atoms with Gasteiger partial charge in [0.2, 0.25) is 0 Å². The van der Waals surface area contributed by atoms with E-state index in [1.54, 1.807) is 6.26 Å². The molecule has 1 aromatic heterocycles. The highest BCUT2D eigenvalue weighted by Gasteiger charge is 2.22. The molecule has 0 spiro atoms. The third-order valence-electron chi connectivity index (χ3n) is 3.35. The Hall–Kier alpha value is -0.900. The fourth-order valence-corrected chi connectivity index (χ4v) is 3.06. The molecule has 0 aliphatic heterocycles. The smallest absolute Gasteiger partial charge is 0.164 e. The molecule has 1 unspecified atom stereocenters. The number of nitrogens with zero attached hydrogens (tertiary/aromatic N) is 1. The van der Waals surface area contributed by atoms with Crippen molar-refractivity contribution in [3.05, 3.63) is 23.0 Å².